The number of hydrogen-bond acceptors (Lipinski definition) is 4. The number of carbonyl (C=O) groups is 1. The molecule has 4 heteroatoms. The van der Waals surface area contributed by atoms with E-state index >= 15 is 0 Å². The van der Waals surface area contributed by atoms with Gasteiger partial charge in [-0.25, -0.2) is 5.23 Å². The van der Waals surface area contributed by atoms with E-state index in [1.807, 2.05) is 54.6 Å². The van der Waals surface area contributed by atoms with E-state index in [9.17, 15) is 10.0 Å². The Labute approximate surface area is 147 Å². The molecule has 1 unspecified atom stereocenters. The summed E-state index contributed by atoms with van der Waals surface area (Å²) < 4.78 is 0. The number of hydroxylamine groups is 2. The molecule has 2 aliphatic carbocycles. The Morgan fingerprint density at radius 1 is 1.08 bits per heavy atom. The maximum atomic E-state index is 13.1. The minimum Gasteiger partial charge on any atom is -0.761 e. The monoisotopic (exact) mass is 334 g/mol. The lowest BCUT2D eigenvalue weighted by atomic mass is 9.67. The average Bonchev–Trinajstić information content (AvgIpc) is 3.31. The maximum absolute atomic E-state index is 13.1. The van der Waals surface area contributed by atoms with Crippen LogP contribution in [0.25, 0.3) is 0 Å². The summed E-state index contributed by atoms with van der Waals surface area (Å²) in [5.74, 6) is 0.270. The lowest BCUT2D eigenvalue weighted by molar-refractivity contribution is -0.174. The quantitative estimate of drug-likeness (QED) is 0.615. The first-order chi connectivity index (χ1) is 12.1. The van der Waals surface area contributed by atoms with Crippen molar-refractivity contribution in [2.24, 2.45) is 0 Å². The van der Waals surface area contributed by atoms with E-state index in [1.165, 1.54) is 0 Å². The van der Waals surface area contributed by atoms with Crippen LogP contribution < -0.4 is 0 Å². The maximum Gasteiger partial charge on any atom is 0.145 e. The first-order valence-electron chi connectivity index (χ1n) is 8.55. The van der Waals surface area contributed by atoms with Gasteiger partial charge in [0.05, 0.1) is 17.6 Å². The number of ketones is 1. The van der Waals surface area contributed by atoms with Gasteiger partial charge in [-0.2, -0.15) is 0 Å². The van der Waals surface area contributed by atoms with Crippen molar-refractivity contribution in [2.45, 2.75) is 30.2 Å². The lowest BCUT2D eigenvalue weighted by Gasteiger charge is -2.51. The molecule has 4 rings (SSSR count). The molecule has 0 N–H and O–H groups in total. The van der Waals surface area contributed by atoms with Crippen LogP contribution in [0.15, 0.2) is 67.3 Å². The Hall–Kier alpha value is -2.27. The SMILES string of the molecule is C=CCON([O-])[C@@]1(c2ccccc2)CCC2(CC2=O)c2ccccc21. The number of nitrogens with zero attached hydrogens (tertiary/aromatic N) is 1. The van der Waals surface area contributed by atoms with Crippen LogP contribution in [-0.2, 0) is 20.6 Å². The fourth-order valence-electron chi connectivity index (χ4n) is 4.17. The Bertz CT molecular complexity index is 819. The summed E-state index contributed by atoms with van der Waals surface area (Å²) in [6.07, 6.45) is 3.33. The molecule has 1 spiro atoms. The zero-order valence-corrected chi connectivity index (χ0v) is 14.0. The number of benzene rings is 2. The van der Waals surface area contributed by atoms with Gasteiger partial charge < -0.3 is 10.0 Å². The van der Waals surface area contributed by atoms with Crippen molar-refractivity contribution < 1.29 is 9.63 Å². The highest BCUT2D eigenvalue weighted by Crippen LogP contribution is 2.58. The molecule has 0 bridgehead atoms. The van der Waals surface area contributed by atoms with Crippen LogP contribution in [0.2, 0.25) is 0 Å². The molecule has 0 aliphatic heterocycles. The highest BCUT2D eigenvalue weighted by atomic mass is 16.9. The van der Waals surface area contributed by atoms with Gasteiger partial charge in [-0.05, 0) is 29.5 Å². The molecule has 0 heterocycles. The molecule has 0 amide bonds. The molecule has 1 fully saturated rings. The van der Waals surface area contributed by atoms with Gasteiger partial charge in [0.15, 0.2) is 0 Å². The first kappa shape index (κ1) is 16.2. The Balaban J connectivity index is 1.91. The van der Waals surface area contributed by atoms with Crippen molar-refractivity contribution >= 4 is 5.78 Å². The smallest absolute Gasteiger partial charge is 0.145 e. The second-order valence-electron chi connectivity index (χ2n) is 6.80. The molecular weight excluding hydrogens is 314 g/mol. The lowest BCUT2D eigenvalue weighted by Crippen LogP contribution is -2.48. The molecule has 2 aliphatic rings. The van der Waals surface area contributed by atoms with Gasteiger partial charge >= 0.3 is 0 Å². The van der Waals surface area contributed by atoms with E-state index < -0.39 is 11.0 Å². The standard InChI is InChI=1S/C21H20NO3/c1-2-14-25-22(24)21(16-8-4-3-5-9-16)13-12-20(15-19(20)23)17-10-6-7-11-18(17)21/h2-11H,1,12-15H2/q-1/t20?,21-/m1/s1. The highest BCUT2D eigenvalue weighted by Gasteiger charge is 2.60. The van der Waals surface area contributed by atoms with Crippen LogP contribution in [0.1, 0.15) is 36.0 Å². The number of carbonyl (C=O) groups excluding carboxylic acids is 1. The van der Waals surface area contributed by atoms with E-state index in [1.54, 1.807) is 6.08 Å². The van der Waals surface area contributed by atoms with Crippen LogP contribution in [0.5, 0.6) is 0 Å². The molecule has 25 heavy (non-hydrogen) atoms. The highest BCUT2D eigenvalue weighted by molar-refractivity contribution is 6.07. The summed E-state index contributed by atoms with van der Waals surface area (Å²) in [4.78, 5) is 17.6. The first-order valence-corrected chi connectivity index (χ1v) is 8.55. The zero-order chi connectivity index (χ0) is 17.5. The summed E-state index contributed by atoms with van der Waals surface area (Å²) in [6, 6.07) is 17.5. The largest absolute Gasteiger partial charge is 0.761 e. The molecule has 1 saturated carbocycles. The molecule has 2 aromatic carbocycles. The van der Waals surface area contributed by atoms with E-state index in [-0.39, 0.29) is 12.4 Å². The number of Topliss-reactive ketones (excluding diaryl/α,β-unsaturated/α-hetero) is 1. The topological polar surface area (TPSA) is 52.6 Å². The molecule has 2 atom stereocenters. The van der Waals surface area contributed by atoms with Gasteiger partial charge in [0, 0.05) is 6.42 Å². The summed E-state index contributed by atoms with van der Waals surface area (Å²) in [5.41, 5.74) is 1.38. The second kappa shape index (κ2) is 5.92. The summed E-state index contributed by atoms with van der Waals surface area (Å²) in [5, 5.41) is 13.8. The van der Waals surface area contributed by atoms with E-state index in [0.717, 1.165) is 16.7 Å². The molecule has 0 saturated heterocycles. The number of rotatable bonds is 5. The van der Waals surface area contributed by atoms with Gasteiger partial charge in [-0.3, -0.25) is 4.79 Å². The Kier molecular flexibility index (Phi) is 3.84. The minimum atomic E-state index is -0.949. The van der Waals surface area contributed by atoms with Crippen molar-refractivity contribution in [1.82, 2.24) is 5.23 Å². The van der Waals surface area contributed by atoms with Gasteiger partial charge in [-0.1, -0.05) is 60.7 Å². The third-order valence-electron chi connectivity index (χ3n) is 5.55. The normalized spacial score (nSPS) is 27.4. The predicted octanol–water partition coefficient (Wildman–Crippen LogP) is 3.85. The molecule has 4 nitrogen and oxygen atoms in total. The summed E-state index contributed by atoms with van der Waals surface area (Å²) in [7, 11) is 0. The van der Waals surface area contributed by atoms with Crippen molar-refractivity contribution in [3.63, 3.8) is 0 Å². The van der Waals surface area contributed by atoms with Gasteiger partial charge in [0.25, 0.3) is 0 Å². The van der Waals surface area contributed by atoms with E-state index in [0.29, 0.717) is 24.5 Å². The van der Waals surface area contributed by atoms with Crippen molar-refractivity contribution in [3.05, 3.63) is 89.1 Å². The zero-order valence-electron chi connectivity index (χ0n) is 14.0. The van der Waals surface area contributed by atoms with Gasteiger partial charge in [0.2, 0.25) is 0 Å². The van der Waals surface area contributed by atoms with Crippen molar-refractivity contribution in [3.8, 4) is 0 Å². The third kappa shape index (κ3) is 2.29. The fraction of sp³-hybridized carbons (Fsp3) is 0.286. The van der Waals surface area contributed by atoms with E-state index in [2.05, 4.69) is 6.58 Å². The molecule has 2 aromatic rings. The number of fused-ring (bicyclic) bond motifs is 2. The van der Waals surface area contributed by atoms with Crippen LogP contribution in [0.3, 0.4) is 0 Å². The Morgan fingerprint density at radius 2 is 1.72 bits per heavy atom. The van der Waals surface area contributed by atoms with Crippen molar-refractivity contribution in [2.75, 3.05) is 6.61 Å². The van der Waals surface area contributed by atoms with Gasteiger partial charge in [0.1, 0.15) is 5.78 Å². The Morgan fingerprint density at radius 3 is 2.36 bits per heavy atom. The number of hydrogen-bond donors (Lipinski definition) is 0. The molecule has 128 valence electrons. The summed E-state index contributed by atoms with van der Waals surface area (Å²) in [6.45, 7) is 3.77. The molecular formula is C21H20NO3-. The third-order valence-corrected chi connectivity index (χ3v) is 5.55. The average molecular weight is 334 g/mol. The fourth-order valence-corrected chi connectivity index (χ4v) is 4.17. The minimum absolute atomic E-state index is 0.143. The van der Waals surface area contributed by atoms with Crippen LogP contribution in [-0.4, -0.2) is 17.6 Å². The van der Waals surface area contributed by atoms with Crippen LogP contribution in [0.4, 0.5) is 0 Å². The van der Waals surface area contributed by atoms with Crippen LogP contribution >= 0.6 is 0 Å². The second-order valence-corrected chi connectivity index (χ2v) is 6.80. The van der Waals surface area contributed by atoms with Crippen molar-refractivity contribution in [1.29, 1.82) is 0 Å². The summed E-state index contributed by atoms with van der Waals surface area (Å²) >= 11 is 0. The van der Waals surface area contributed by atoms with Crippen LogP contribution in [0, 0.1) is 5.21 Å². The van der Waals surface area contributed by atoms with E-state index in [4.69, 9.17) is 4.84 Å². The molecule has 0 radical (unpaired) electrons. The van der Waals surface area contributed by atoms with Gasteiger partial charge in [-0.15, -0.1) is 6.58 Å². The predicted molar refractivity (Wildman–Crippen MR) is 95.6 cm³/mol. The molecule has 0 aromatic heterocycles.